The molecule has 0 saturated carbocycles. The first-order valence-corrected chi connectivity index (χ1v) is 6.95. The minimum Gasteiger partial charge on any atom is -0.454 e. The van der Waals surface area contributed by atoms with Crippen molar-refractivity contribution in [3.05, 3.63) is 17.7 Å². The monoisotopic (exact) mass is 336 g/mol. The molecule has 3 rings (SSSR count). The first-order chi connectivity index (χ1) is 10.1. The lowest BCUT2D eigenvalue weighted by Crippen LogP contribution is -2.48. The zero-order valence-electron chi connectivity index (χ0n) is 12.2. The molecule has 124 valence electrons. The highest BCUT2D eigenvalue weighted by Gasteiger charge is 2.23. The largest absolute Gasteiger partial charge is 0.454 e. The van der Waals surface area contributed by atoms with Crippen molar-refractivity contribution in [1.82, 2.24) is 10.2 Å². The Bertz CT molecular complexity index is 519. The number of ether oxygens (including phenoxy) is 3. The maximum absolute atomic E-state index is 12.6. The zero-order chi connectivity index (χ0) is 14.8. The molecule has 0 aliphatic carbocycles. The van der Waals surface area contributed by atoms with E-state index >= 15 is 0 Å². The average molecular weight is 337 g/mol. The van der Waals surface area contributed by atoms with Gasteiger partial charge < -0.3 is 19.5 Å². The number of fused-ring (bicyclic) bond motifs is 1. The molecule has 0 unspecified atom stereocenters. The Hall–Kier alpha value is -1.31. The fourth-order valence-electron chi connectivity index (χ4n) is 2.69. The summed E-state index contributed by atoms with van der Waals surface area (Å²) >= 11 is 0. The lowest BCUT2D eigenvalue weighted by Gasteiger charge is -2.32. The molecule has 1 fully saturated rings. The highest BCUT2D eigenvalue weighted by molar-refractivity contribution is 5.85. The molecule has 1 aromatic carbocycles. The maximum atomic E-state index is 12.6. The summed E-state index contributed by atoms with van der Waals surface area (Å²) in [6.07, 6.45) is 0. The van der Waals surface area contributed by atoms with E-state index in [1.54, 1.807) is 6.07 Å². The van der Waals surface area contributed by atoms with Crippen molar-refractivity contribution in [1.29, 1.82) is 0 Å². The van der Waals surface area contributed by atoms with Gasteiger partial charge in [-0.15, -0.1) is 12.4 Å². The van der Waals surface area contributed by atoms with Gasteiger partial charge in [0.05, 0.1) is 0 Å². The molecule has 1 atom stereocenters. The van der Waals surface area contributed by atoms with Crippen LogP contribution in [-0.2, 0) is 6.54 Å². The summed E-state index contributed by atoms with van der Waals surface area (Å²) in [6, 6.07) is 3.59. The van der Waals surface area contributed by atoms with Crippen LogP contribution in [-0.4, -0.2) is 44.0 Å². The smallest absolute Gasteiger partial charge is 0.387 e. The second kappa shape index (κ2) is 7.30. The number of halogens is 3. The Kier molecular flexibility index (Phi) is 5.66. The van der Waals surface area contributed by atoms with E-state index in [0.29, 0.717) is 29.6 Å². The first-order valence-electron chi connectivity index (χ1n) is 6.95. The molecule has 0 bridgehead atoms. The van der Waals surface area contributed by atoms with Gasteiger partial charge >= 0.3 is 6.61 Å². The molecule has 2 aliphatic heterocycles. The molecular formula is C14H19ClF2N2O3. The van der Waals surface area contributed by atoms with Crippen LogP contribution in [0.1, 0.15) is 12.5 Å². The van der Waals surface area contributed by atoms with Crippen LogP contribution in [0.25, 0.3) is 0 Å². The molecule has 1 saturated heterocycles. The van der Waals surface area contributed by atoms with E-state index in [1.165, 1.54) is 6.07 Å². The van der Waals surface area contributed by atoms with E-state index in [4.69, 9.17) is 9.47 Å². The topological polar surface area (TPSA) is 43.0 Å². The van der Waals surface area contributed by atoms with Crippen molar-refractivity contribution in [3.63, 3.8) is 0 Å². The Balaban J connectivity index is 0.00000176. The molecular weight excluding hydrogens is 318 g/mol. The second-order valence-corrected chi connectivity index (χ2v) is 5.28. The van der Waals surface area contributed by atoms with Crippen LogP contribution in [0.5, 0.6) is 17.2 Å². The quantitative estimate of drug-likeness (QED) is 0.913. The Morgan fingerprint density at radius 3 is 2.77 bits per heavy atom. The van der Waals surface area contributed by atoms with Crippen LogP contribution in [0.2, 0.25) is 0 Å². The van der Waals surface area contributed by atoms with Gasteiger partial charge in [-0.25, -0.2) is 0 Å². The predicted molar refractivity (Wildman–Crippen MR) is 79.2 cm³/mol. The number of hydrogen-bond acceptors (Lipinski definition) is 5. The van der Waals surface area contributed by atoms with E-state index in [-0.39, 0.29) is 24.9 Å². The van der Waals surface area contributed by atoms with Crippen LogP contribution < -0.4 is 19.5 Å². The second-order valence-electron chi connectivity index (χ2n) is 5.28. The normalized spacial score (nSPS) is 20.8. The summed E-state index contributed by atoms with van der Waals surface area (Å²) in [6.45, 7) is 2.52. The number of benzene rings is 1. The number of alkyl halides is 2. The zero-order valence-corrected chi connectivity index (χ0v) is 13.0. The van der Waals surface area contributed by atoms with Crippen molar-refractivity contribution in [2.24, 2.45) is 0 Å². The standard InChI is InChI=1S/C14H18F2N2O3.ClH/c1-9-6-18(3-2-17-9)7-10-4-12-13(20-8-19-12)5-11(10)21-14(15)16;/h4-5,9,14,17H,2-3,6-8H2,1H3;1H/t9-;/m1./s1. The van der Waals surface area contributed by atoms with Gasteiger partial charge in [0.2, 0.25) is 6.79 Å². The van der Waals surface area contributed by atoms with E-state index in [0.717, 1.165) is 19.6 Å². The highest BCUT2D eigenvalue weighted by atomic mass is 35.5. The lowest BCUT2D eigenvalue weighted by atomic mass is 10.1. The van der Waals surface area contributed by atoms with Crippen molar-refractivity contribution in [2.75, 3.05) is 26.4 Å². The van der Waals surface area contributed by atoms with Gasteiger partial charge in [0, 0.05) is 43.9 Å². The van der Waals surface area contributed by atoms with Gasteiger partial charge in [-0.3, -0.25) is 4.90 Å². The summed E-state index contributed by atoms with van der Waals surface area (Å²) < 4.78 is 40.3. The van der Waals surface area contributed by atoms with Crippen LogP contribution in [0.4, 0.5) is 8.78 Å². The van der Waals surface area contributed by atoms with Crippen molar-refractivity contribution >= 4 is 12.4 Å². The summed E-state index contributed by atoms with van der Waals surface area (Å²) in [7, 11) is 0. The first kappa shape index (κ1) is 17.1. The molecule has 0 amide bonds. The Morgan fingerprint density at radius 1 is 1.36 bits per heavy atom. The minimum absolute atomic E-state index is 0. The molecule has 8 heteroatoms. The molecule has 2 aliphatic rings. The van der Waals surface area contributed by atoms with Gasteiger partial charge in [-0.1, -0.05) is 0 Å². The van der Waals surface area contributed by atoms with Crippen LogP contribution in [0.15, 0.2) is 12.1 Å². The van der Waals surface area contributed by atoms with Crippen molar-refractivity contribution in [3.8, 4) is 17.2 Å². The summed E-state index contributed by atoms with van der Waals surface area (Å²) in [5.41, 5.74) is 0.689. The molecule has 0 spiro atoms. The summed E-state index contributed by atoms with van der Waals surface area (Å²) in [5.74, 6) is 1.18. The number of nitrogens with zero attached hydrogens (tertiary/aromatic N) is 1. The van der Waals surface area contributed by atoms with Gasteiger partial charge in [-0.2, -0.15) is 8.78 Å². The molecule has 5 nitrogen and oxygen atoms in total. The van der Waals surface area contributed by atoms with Gasteiger partial charge in [0.25, 0.3) is 0 Å². The van der Waals surface area contributed by atoms with Crippen LogP contribution in [0.3, 0.4) is 0 Å². The molecule has 0 aromatic heterocycles. The number of rotatable bonds is 4. The Morgan fingerprint density at radius 2 is 2.09 bits per heavy atom. The van der Waals surface area contributed by atoms with E-state index in [1.807, 2.05) is 0 Å². The molecule has 22 heavy (non-hydrogen) atoms. The van der Waals surface area contributed by atoms with Crippen LogP contribution >= 0.6 is 12.4 Å². The summed E-state index contributed by atoms with van der Waals surface area (Å²) in [5, 5.41) is 3.35. The molecule has 1 aromatic rings. The maximum Gasteiger partial charge on any atom is 0.387 e. The average Bonchev–Trinajstić information content (AvgIpc) is 2.85. The Labute approximate surface area is 133 Å². The predicted octanol–water partition coefficient (Wildman–Crippen LogP) is 2.23. The van der Waals surface area contributed by atoms with Gasteiger partial charge in [0.1, 0.15) is 5.75 Å². The van der Waals surface area contributed by atoms with E-state index < -0.39 is 6.61 Å². The molecule has 1 N–H and O–H groups in total. The van der Waals surface area contributed by atoms with Crippen LogP contribution in [0, 0.1) is 0 Å². The van der Waals surface area contributed by atoms with E-state index in [2.05, 4.69) is 21.9 Å². The van der Waals surface area contributed by atoms with Gasteiger partial charge in [-0.05, 0) is 13.0 Å². The van der Waals surface area contributed by atoms with Crippen molar-refractivity contribution in [2.45, 2.75) is 26.1 Å². The third-order valence-electron chi connectivity index (χ3n) is 3.62. The number of hydrogen-bond donors (Lipinski definition) is 1. The molecule has 0 radical (unpaired) electrons. The summed E-state index contributed by atoms with van der Waals surface area (Å²) in [4.78, 5) is 2.21. The third-order valence-corrected chi connectivity index (χ3v) is 3.62. The van der Waals surface area contributed by atoms with Gasteiger partial charge in [0.15, 0.2) is 11.5 Å². The fourth-order valence-corrected chi connectivity index (χ4v) is 2.69. The molecule has 2 heterocycles. The number of piperazine rings is 1. The lowest BCUT2D eigenvalue weighted by molar-refractivity contribution is -0.0509. The SMILES string of the molecule is C[C@@H]1CN(Cc2cc3c(cc2OC(F)F)OCO3)CCN1.Cl. The minimum atomic E-state index is -2.86. The van der Waals surface area contributed by atoms with Crippen molar-refractivity contribution < 1.29 is 23.0 Å². The van der Waals surface area contributed by atoms with E-state index in [9.17, 15) is 8.78 Å². The fraction of sp³-hybridized carbons (Fsp3) is 0.571. The third kappa shape index (κ3) is 3.91. The highest BCUT2D eigenvalue weighted by Crippen LogP contribution is 2.39. The number of nitrogens with one attached hydrogen (secondary N) is 1.